The molecule has 0 fully saturated rings. The maximum Gasteiger partial charge on any atom is 0.223 e. The topological polar surface area (TPSA) is 108 Å². The summed E-state index contributed by atoms with van der Waals surface area (Å²) in [7, 11) is 3.36. The molecule has 2 aliphatic rings. The van der Waals surface area contributed by atoms with E-state index in [1.165, 1.54) is 11.1 Å². The Bertz CT molecular complexity index is 1080. The Morgan fingerprint density at radius 1 is 0.865 bits per heavy atom. The van der Waals surface area contributed by atoms with Crippen molar-refractivity contribution in [2.45, 2.75) is 73.6 Å². The van der Waals surface area contributed by atoms with E-state index in [2.05, 4.69) is 17.1 Å². The van der Waals surface area contributed by atoms with Crippen molar-refractivity contribution in [2.24, 2.45) is 5.73 Å². The van der Waals surface area contributed by atoms with E-state index in [-0.39, 0.29) is 26.7 Å². The molecular weight excluding hydrogens is 468 g/mol. The van der Waals surface area contributed by atoms with Crippen LogP contribution in [0, 0.1) is 0 Å². The molecule has 3 N–H and O–H groups in total. The molecule has 2 aliphatic carbocycles. The van der Waals surface area contributed by atoms with E-state index in [0.717, 1.165) is 47.6 Å². The lowest BCUT2D eigenvalue weighted by molar-refractivity contribution is -0.120. The fourth-order valence-corrected chi connectivity index (χ4v) is 3.88. The van der Waals surface area contributed by atoms with Gasteiger partial charge in [0.15, 0.2) is 0 Å². The van der Waals surface area contributed by atoms with E-state index >= 15 is 0 Å². The minimum atomic E-state index is -0.245. The molecule has 7 nitrogen and oxygen atoms in total. The highest BCUT2D eigenvalue weighted by Gasteiger charge is 2.18. The predicted octanol–water partition coefficient (Wildman–Crippen LogP) is 5.42. The van der Waals surface area contributed by atoms with Crippen LogP contribution in [-0.4, -0.2) is 31.8 Å². The number of hydrogen-bond acceptors (Lipinski definition) is 5. The van der Waals surface area contributed by atoms with Gasteiger partial charge in [-0.1, -0.05) is 53.0 Å². The van der Waals surface area contributed by atoms with Gasteiger partial charge in [-0.05, 0) is 54.2 Å². The van der Waals surface area contributed by atoms with Crippen molar-refractivity contribution in [3.63, 3.8) is 0 Å². The maximum atomic E-state index is 11.3. The van der Waals surface area contributed by atoms with Gasteiger partial charge in [0.05, 0.1) is 14.2 Å². The summed E-state index contributed by atoms with van der Waals surface area (Å²) in [4.78, 5) is 32.1. The summed E-state index contributed by atoms with van der Waals surface area (Å²) in [6.07, 6.45) is 6.84. The molecular formula is C30H44N2O5. The van der Waals surface area contributed by atoms with Gasteiger partial charge >= 0.3 is 0 Å². The molecule has 0 radical (unpaired) electrons. The number of primary amides is 1. The van der Waals surface area contributed by atoms with Crippen LogP contribution < -0.4 is 20.5 Å². The minimum absolute atomic E-state index is 0. The third-order valence-corrected chi connectivity index (χ3v) is 5.82. The molecule has 0 spiro atoms. The van der Waals surface area contributed by atoms with Crippen LogP contribution in [0.1, 0.15) is 76.6 Å². The summed E-state index contributed by atoms with van der Waals surface area (Å²) in [6.45, 7) is 3.58. The number of rotatable bonds is 5. The molecule has 0 saturated heterocycles. The number of fused-ring (bicyclic) bond motifs is 2. The molecule has 0 atom stereocenters. The van der Waals surface area contributed by atoms with Crippen molar-refractivity contribution < 1.29 is 23.9 Å². The minimum Gasteiger partial charge on any atom is -0.496 e. The number of amides is 2. The first kappa shape index (κ1) is 33.4. The molecule has 0 unspecified atom stereocenters. The van der Waals surface area contributed by atoms with Crippen molar-refractivity contribution in [2.75, 3.05) is 14.2 Å². The summed E-state index contributed by atoms with van der Waals surface area (Å²) in [5.74, 6) is 2.01. The van der Waals surface area contributed by atoms with Crippen LogP contribution in [0.25, 0.3) is 6.08 Å². The number of allylic oxidation sites excluding steroid dienone is 1. The summed E-state index contributed by atoms with van der Waals surface area (Å²) >= 11 is 0. The van der Waals surface area contributed by atoms with Gasteiger partial charge < -0.3 is 20.5 Å². The number of methoxy groups -OCH3 is 2. The Hall–Kier alpha value is -3.61. The maximum absolute atomic E-state index is 11.3. The second-order valence-electron chi connectivity index (χ2n) is 8.23. The van der Waals surface area contributed by atoms with Gasteiger partial charge in [0, 0.05) is 36.9 Å². The zero-order valence-electron chi connectivity index (χ0n) is 21.1. The lowest BCUT2D eigenvalue weighted by Gasteiger charge is -2.19. The van der Waals surface area contributed by atoms with Gasteiger partial charge in [-0.15, -0.1) is 0 Å². The van der Waals surface area contributed by atoms with Gasteiger partial charge in [0.1, 0.15) is 17.3 Å². The zero-order valence-corrected chi connectivity index (χ0v) is 21.1. The van der Waals surface area contributed by atoms with Crippen LogP contribution >= 0.6 is 0 Å². The Balaban J connectivity index is 0.000000579. The Kier molecular flexibility index (Phi) is 15.3. The molecule has 2 aromatic rings. The summed E-state index contributed by atoms with van der Waals surface area (Å²) in [6, 6.07) is 11.9. The second-order valence-corrected chi connectivity index (χ2v) is 8.23. The van der Waals surface area contributed by atoms with Crippen LogP contribution in [-0.2, 0) is 33.6 Å². The molecule has 204 valence electrons. The number of ether oxygens (including phenoxy) is 2. The molecule has 2 aromatic carbocycles. The lowest BCUT2D eigenvalue weighted by atomic mass is 9.90. The zero-order chi connectivity index (χ0) is 25.8. The van der Waals surface area contributed by atoms with Crippen LogP contribution in [0.3, 0.4) is 0 Å². The van der Waals surface area contributed by atoms with Gasteiger partial charge in [0.2, 0.25) is 11.8 Å². The molecule has 0 bridgehead atoms. The fraction of sp³-hybridized carbons (Fsp3) is 0.433. The highest BCUT2D eigenvalue weighted by molar-refractivity contribution is 5.83. The van der Waals surface area contributed by atoms with E-state index in [1.54, 1.807) is 21.1 Å². The molecule has 0 aliphatic heterocycles. The SMILES string of the molecule is C.C.CCC(=O)NC1=Cc2cccc(OC)c2CC1.CCC(N)=O.COc1cccc2c1CCC(=O)C2. The Labute approximate surface area is 222 Å². The predicted molar refractivity (Wildman–Crippen MR) is 151 cm³/mol. The summed E-state index contributed by atoms with van der Waals surface area (Å²) in [5.41, 5.74) is 10.4. The number of nitrogens with two attached hydrogens (primary N) is 1. The molecule has 2 amide bonds. The highest BCUT2D eigenvalue weighted by Crippen LogP contribution is 2.30. The van der Waals surface area contributed by atoms with Crippen LogP contribution in [0.4, 0.5) is 0 Å². The normalized spacial score (nSPS) is 12.6. The lowest BCUT2D eigenvalue weighted by Crippen LogP contribution is -2.23. The largest absolute Gasteiger partial charge is 0.496 e. The number of ketones is 1. The third-order valence-electron chi connectivity index (χ3n) is 5.82. The number of carbonyl (C=O) groups is 3. The molecule has 7 heteroatoms. The fourth-order valence-electron chi connectivity index (χ4n) is 3.88. The number of benzene rings is 2. The van der Waals surface area contributed by atoms with E-state index in [1.807, 2.05) is 43.3 Å². The van der Waals surface area contributed by atoms with Crippen molar-refractivity contribution in [3.05, 3.63) is 64.3 Å². The monoisotopic (exact) mass is 512 g/mol. The van der Waals surface area contributed by atoms with Crippen LogP contribution in [0.15, 0.2) is 42.1 Å². The van der Waals surface area contributed by atoms with Gasteiger partial charge in [-0.3, -0.25) is 14.4 Å². The number of hydrogen-bond donors (Lipinski definition) is 2. The van der Waals surface area contributed by atoms with E-state index < -0.39 is 0 Å². The number of nitrogens with one attached hydrogen (secondary N) is 1. The molecule has 0 saturated carbocycles. The van der Waals surface area contributed by atoms with Crippen LogP contribution in [0.5, 0.6) is 11.5 Å². The average molecular weight is 513 g/mol. The Morgan fingerprint density at radius 2 is 1.43 bits per heavy atom. The van der Waals surface area contributed by atoms with E-state index in [0.29, 0.717) is 31.5 Å². The highest BCUT2D eigenvalue weighted by atomic mass is 16.5. The Morgan fingerprint density at radius 3 is 2.00 bits per heavy atom. The number of Topliss-reactive ketones (excluding diaryl/α,β-unsaturated/α-hetero) is 1. The summed E-state index contributed by atoms with van der Waals surface area (Å²) in [5, 5.41) is 2.93. The first-order valence-electron chi connectivity index (χ1n) is 11.9. The smallest absolute Gasteiger partial charge is 0.223 e. The second kappa shape index (κ2) is 17.0. The van der Waals surface area contributed by atoms with Gasteiger partial charge in [-0.2, -0.15) is 0 Å². The van der Waals surface area contributed by atoms with Gasteiger partial charge in [-0.25, -0.2) is 0 Å². The molecule has 37 heavy (non-hydrogen) atoms. The van der Waals surface area contributed by atoms with Crippen molar-refractivity contribution >= 4 is 23.7 Å². The third kappa shape index (κ3) is 10.1. The number of carbonyl (C=O) groups excluding carboxylic acids is 3. The first-order chi connectivity index (χ1) is 16.8. The van der Waals surface area contributed by atoms with Crippen molar-refractivity contribution in [3.8, 4) is 11.5 Å². The van der Waals surface area contributed by atoms with Crippen molar-refractivity contribution in [1.29, 1.82) is 0 Å². The quantitative estimate of drug-likeness (QED) is 0.556. The molecule has 0 aromatic heterocycles. The standard InChI is InChI=1S/C14H17NO2.C11H12O2.C3H7NO.2CH4/c1-3-14(16)15-11-7-8-12-10(9-11)5-4-6-13(12)17-2;1-13-11-4-2-3-8-7-9(12)5-6-10(8)11;1-2-3(4)5;;/h4-6,9H,3,7-8H2,1-2H3,(H,15,16);2-4H,5-7H2,1H3;2H2,1H3,(H2,4,5);2*1H4. The average Bonchev–Trinajstić information content (AvgIpc) is 2.88. The van der Waals surface area contributed by atoms with Crippen molar-refractivity contribution in [1.82, 2.24) is 5.32 Å². The molecule has 4 rings (SSSR count). The van der Waals surface area contributed by atoms with Gasteiger partial charge in [0.25, 0.3) is 0 Å². The summed E-state index contributed by atoms with van der Waals surface area (Å²) < 4.78 is 10.6. The van der Waals surface area contributed by atoms with Crippen LogP contribution in [0.2, 0.25) is 0 Å². The molecule has 0 heterocycles. The van der Waals surface area contributed by atoms with E-state index in [4.69, 9.17) is 9.47 Å². The first-order valence-corrected chi connectivity index (χ1v) is 11.9. The van der Waals surface area contributed by atoms with E-state index in [9.17, 15) is 14.4 Å².